The number of hydrogen-bond acceptors (Lipinski definition) is 6. The van der Waals surface area contributed by atoms with E-state index in [-0.39, 0.29) is 5.91 Å². The number of rotatable bonds is 4. The van der Waals surface area contributed by atoms with Gasteiger partial charge in [-0.2, -0.15) is 0 Å². The molecule has 24 heavy (non-hydrogen) atoms. The van der Waals surface area contributed by atoms with Crippen molar-refractivity contribution < 1.29 is 4.79 Å². The van der Waals surface area contributed by atoms with Gasteiger partial charge in [-0.15, -0.1) is 34.0 Å². The lowest BCUT2D eigenvalue weighted by atomic mass is 10.2. The van der Waals surface area contributed by atoms with Crippen LogP contribution in [0.4, 0.5) is 0 Å². The van der Waals surface area contributed by atoms with E-state index in [9.17, 15) is 4.79 Å². The Morgan fingerprint density at radius 1 is 1.04 bits per heavy atom. The van der Waals surface area contributed by atoms with Gasteiger partial charge in [-0.05, 0) is 22.9 Å². The first-order valence-electron chi connectivity index (χ1n) is 7.83. The zero-order chi connectivity index (χ0) is 16.4. The topological polar surface area (TPSA) is 36.4 Å². The van der Waals surface area contributed by atoms with Crippen molar-refractivity contribution in [2.24, 2.45) is 0 Å². The largest absolute Gasteiger partial charge is 0.335 e. The van der Waals surface area contributed by atoms with Crippen LogP contribution in [0.1, 0.15) is 15.4 Å². The number of piperazine rings is 1. The van der Waals surface area contributed by atoms with Gasteiger partial charge in [0.05, 0.1) is 15.4 Å². The number of thiophene rings is 2. The number of aromatic nitrogens is 1. The molecule has 0 saturated carbocycles. The highest BCUT2D eigenvalue weighted by Crippen LogP contribution is 2.28. The second-order valence-corrected chi connectivity index (χ2v) is 8.42. The van der Waals surface area contributed by atoms with Crippen molar-refractivity contribution in [3.63, 3.8) is 0 Å². The Morgan fingerprint density at radius 2 is 1.83 bits per heavy atom. The van der Waals surface area contributed by atoms with Gasteiger partial charge in [-0.3, -0.25) is 9.69 Å². The second-order valence-electron chi connectivity index (χ2n) is 5.67. The molecule has 0 aliphatic carbocycles. The highest BCUT2D eigenvalue weighted by atomic mass is 32.1. The summed E-state index contributed by atoms with van der Waals surface area (Å²) in [6, 6.07) is 8.01. The lowest BCUT2D eigenvalue weighted by molar-refractivity contribution is 0.0632. The van der Waals surface area contributed by atoms with Gasteiger partial charge < -0.3 is 4.90 Å². The molecule has 124 valence electrons. The van der Waals surface area contributed by atoms with Gasteiger partial charge in [0.15, 0.2) is 0 Å². The maximum Gasteiger partial charge on any atom is 0.264 e. The molecule has 0 aromatic carbocycles. The van der Waals surface area contributed by atoms with E-state index in [1.54, 1.807) is 22.7 Å². The van der Waals surface area contributed by atoms with E-state index < -0.39 is 0 Å². The fourth-order valence-electron chi connectivity index (χ4n) is 2.79. The van der Waals surface area contributed by atoms with Crippen molar-refractivity contribution in [1.82, 2.24) is 14.8 Å². The van der Waals surface area contributed by atoms with Crippen molar-refractivity contribution in [2.45, 2.75) is 6.54 Å². The maximum atomic E-state index is 12.4. The summed E-state index contributed by atoms with van der Waals surface area (Å²) in [6.45, 7) is 4.26. The Morgan fingerprint density at radius 3 is 2.54 bits per heavy atom. The normalized spacial score (nSPS) is 15.8. The molecular weight excluding hydrogens is 358 g/mol. The summed E-state index contributed by atoms with van der Waals surface area (Å²) in [5.74, 6) is 0.165. The lowest BCUT2D eigenvalue weighted by Gasteiger charge is -2.34. The smallest absolute Gasteiger partial charge is 0.264 e. The summed E-state index contributed by atoms with van der Waals surface area (Å²) >= 11 is 4.95. The summed E-state index contributed by atoms with van der Waals surface area (Å²) in [5.41, 5.74) is 1.13. The van der Waals surface area contributed by atoms with Crippen LogP contribution in [-0.2, 0) is 6.54 Å². The highest BCUT2D eigenvalue weighted by molar-refractivity contribution is 7.20. The van der Waals surface area contributed by atoms with E-state index in [2.05, 4.69) is 27.8 Å². The predicted molar refractivity (Wildman–Crippen MR) is 101 cm³/mol. The molecule has 0 N–H and O–H groups in total. The van der Waals surface area contributed by atoms with Crippen LogP contribution < -0.4 is 0 Å². The van der Waals surface area contributed by atoms with Crippen molar-refractivity contribution in [3.8, 4) is 9.88 Å². The summed E-state index contributed by atoms with van der Waals surface area (Å²) < 4.78 is 0. The average Bonchev–Trinajstić information content (AvgIpc) is 3.36. The Labute approximate surface area is 153 Å². The predicted octanol–water partition coefficient (Wildman–Crippen LogP) is 3.89. The highest BCUT2D eigenvalue weighted by Gasteiger charge is 2.23. The summed E-state index contributed by atoms with van der Waals surface area (Å²) in [4.78, 5) is 23.5. The van der Waals surface area contributed by atoms with Gasteiger partial charge in [0.2, 0.25) is 0 Å². The fraction of sp³-hybridized carbons (Fsp3) is 0.294. The van der Waals surface area contributed by atoms with E-state index >= 15 is 0 Å². The molecule has 0 unspecified atom stereocenters. The molecule has 4 rings (SSSR count). The molecule has 4 nitrogen and oxygen atoms in total. The maximum absolute atomic E-state index is 12.4. The molecule has 7 heteroatoms. The molecule has 0 spiro atoms. The minimum Gasteiger partial charge on any atom is -0.335 e. The van der Waals surface area contributed by atoms with Crippen molar-refractivity contribution in [3.05, 3.63) is 51.0 Å². The number of carbonyl (C=O) groups is 1. The molecule has 1 aliphatic heterocycles. The fourth-order valence-corrected chi connectivity index (χ4v) is 5.10. The third kappa shape index (κ3) is 3.44. The zero-order valence-electron chi connectivity index (χ0n) is 13.1. The average molecular weight is 376 g/mol. The molecule has 4 heterocycles. The molecule has 0 radical (unpaired) electrons. The summed E-state index contributed by atoms with van der Waals surface area (Å²) in [7, 11) is 0. The molecular formula is C17H17N3OS3. The van der Waals surface area contributed by atoms with E-state index in [1.165, 1.54) is 16.2 Å². The molecule has 1 amide bonds. The molecule has 1 saturated heterocycles. The molecule has 1 aliphatic rings. The Kier molecular flexibility index (Phi) is 4.75. The van der Waals surface area contributed by atoms with E-state index in [4.69, 9.17) is 4.98 Å². The molecule has 3 aromatic rings. The van der Waals surface area contributed by atoms with Crippen LogP contribution in [-0.4, -0.2) is 46.9 Å². The second kappa shape index (κ2) is 7.14. The number of thiazole rings is 1. The van der Waals surface area contributed by atoms with E-state index in [0.717, 1.165) is 48.3 Å². The number of carbonyl (C=O) groups excluding carboxylic acids is 1. The summed E-state index contributed by atoms with van der Waals surface area (Å²) in [5, 5.41) is 7.29. The van der Waals surface area contributed by atoms with E-state index in [0.29, 0.717) is 0 Å². The van der Waals surface area contributed by atoms with Gasteiger partial charge in [0, 0.05) is 38.1 Å². The van der Waals surface area contributed by atoms with Gasteiger partial charge in [-0.25, -0.2) is 4.98 Å². The third-order valence-electron chi connectivity index (χ3n) is 4.06. The van der Waals surface area contributed by atoms with Gasteiger partial charge in [-0.1, -0.05) is 12.1 Å². The number of hydrogen-bond donors (Lipinski definition) is 0. The minimum absolute atomic E-state index is 0.165. The van der Waals surface area contributed by atoms with Crippen molar-refractivity contribution in [1.29, 1.82) is 0 Å². The lowest BCUT2D eigenvalue weighted by Crippen LogP contribution is -2.48. The van der Waals surface area contributed by atoms with Crippen LogP contribution in [0.5, 0.6) is 0 Å². The Balaban J connectivity index is 1.33. The Hall–Kier alpha value is -1.54. The van der Waals surface area contributed by atoms with Crippen LogP contribution >= 0.6 is 34.0 Å². The van der Waals surface area contributed by atoms with Crippen LogP contribution in [0.2, 0.25) is 0 Å². The van der Waals surface area contributed by atoms with Gasteiger partial charge >= 0.3 is 0 Å². The van der Waals surface area contributed by atoms with Gasteiger partial charge in [0.1, 0.15) is 5.01 Å². The molecule has 1 fully saturated rings. The van der Waals surface area contributed by atoms with Crippen LogP contribution in [0.25, 0.3) is 9.88 Å². The summed E-state index contributed by atoms with van der Waals surface area (Å²) in [6.07, 6.45) is 0. The first-order chi connectivity index (χ1) is 11.8. The first-order valence-corrected chi connectivity index (χ1v) is 10.5. The Bertz CT molecular complexity index is 787. The molecule has 0 atom stereocenters. The van der Waals surface area contributed by atoms with Crippen molar-refractivity contribution >= 4 is 39.9 Å². The van der Waals surface area contributed by atoms with Crippen LogP contribution in [0, 0.1) is 0 Å². The first kappa shape index (κ1) is 16.0. The zero-order valence-corrected chi connectivity index (χ0v) is 15.5. The quantitative estimate of drug-likeness (QED) is 0.694. The monoisotopic (exact) mass is 375 g/mol. The van der Waals surface area contributed by atoms with Crippen LogP contribution in [0.3, 0.4) is 0 Å². The van der Waals surface area contributed by atoms with Gasteiger partial charge in [0.25, 0.3) is 5.91 Å². The van der Waals surface area contributed by atoms with Crippen molar-refractivity contribution in [2.75, 3.05) is 26.2 Å². The third-order valence-corrected chi connectivity index (χ3v) is 6.85. The SMILES string of the molecule is O=C(c1cccs1)N1CCN(Cc2csc(-c3cccs3)n2)CC1. The number of amides is 1. The molecule has 0 bridgehead atoms. The standard InChI is InChI=1S/C17H17N3OS3/c21-17(15-4-2-10-23-15)20-7-5-19(6-8-20)11-13-12-24-16(18-13)14-3-1-9-22-14/h1-4,9-10,12H,5-8,11H2. The molecule has 3 aromatic heterocycles. The number of nitrogens with zero attached hydrogens (tertiary/aromatic N) is 3. The minimum atomic E-state index is 0.165. The van der Waals surface area contributed by atoms with E-state index in [1.807, 2.05) is 22.4 Å². The van der Waals surface area contributed by atoms with Crippen LogP contribution in [0.15, 0.2) is 40.4 Å².